The van der Waals surface area contributed by atoms with Crippen molar-refractivity contribution >= 4 is 0 Å². The van der Waals surface area contributed by atoms with Crippen molar-refractivity contribution in [3.8, 4) is 0 Å². The minimum absolute atomic E-state index is 0.358. The van der Waals surface area contributed by atoms with Crippen molar-refractivity contribution in [1.29, 1.82) is 0 Å². The van der Waals surface area contributed by atoms with Crippen LogP contribution in [-0.2, 0) is 12.0 Å². The van der Waals surface area contributed by atoms with Crippen molar-refractivity contribution in [2.75, 3.05) is 0 Å². The van der Waals surface area contributed by atoms with Crippen molar-refractivity contribution in [2.45, 2.75) is 71.3 Å². The predicted octanol–water partition coefficient (Wildman–Crippen LogP) is 3.41. The Morgan fingerprint density at radius 3 is 2.63 bits per heavy atom. The number of nitrogens with two attached hydrogens (primary N) is 1. The van der Waals surface area contributed by atoms with Gasteiger partial charge >= 0.3 is 0 Å². The van der Waals surface area contributed by atoms with Crippen LogP contribution >= 0.6 is 0 Å². The first-order chi connectivity index (χ1) is 9.07. The van der Waals surface area contributed by atoms with Crippen LogP contribution < -0.4 is 5.73 Å². The Balaban J connectivity index is 2.01. The van der Waals surface area contributed by atoms with E-state index in [1.54, 1.807) is 0 Å². The van der Waals surface area contributed by atoms with E-state index >= 15 is 0 Å². The average molecular weight is 265 g/mol. The highest BCUT2D eigenvalue weighted by molar-refractivity contribution is 5.06. The lowest BCUT2D eigenvalue weighted by Gasteiger charge is -2.34. The molecule has 0 saturated heterocycles. The number of nitrogens with zero attached hydrogens (tertiary/aromatic N) is 2. The molecule has 0 amide bonds. The summed E-state index contributed by atoms with van der Waals surface area (Å²) in [6.45, 7) is 6.64. The maximum atomic E-state index is 6.49. The summed E-state index contributed by atoms with van der Waals surface area (Å²) in [7, 11) is 0. The fourth-order valence-electron chi connectivity index (χ4n) is 2.81. The lowest BCUT2D eigenvalue weighted by atomic mass is 9.76. The van der Waals surface area contributed by atoms with E-state index in [2.05, 4.69) is 30.9 Å². The molecule has 4 nitrogen and oxygen atoms in total. The molecule has 1 fully saturated rings. The van der Waals surface area contributed by atoms with Crippen LogP contribution in [0.15, 0.2) is 4.52 Å². The summed E-state index contributed by atoms with van der Waals surface area (Å²) in [4.78, 5) is 4.54. The van der Waals surface area contributed by atoms with Gasteiger partial charge in [0.15, 0.2) is 5.82 Å². The molecule has 1 aliphatic carbocycles. The van der Waals surface area contributed by atoms with Crippen molar-refractivity contribution in [3.63, 3.8) is 0 Å². The first-order valence-electron chi connectivity index (χ1n) is 7.69. The molecular formula is C15H27N3O. The summed E-state index contributed by atoms with van der Waals surface area (Å²) in [6, 6.07) is 0. The Labute approximate surface area is 116 Å². The summed E-state index contributed by atoms with van der Waals surface area (Å²) in [5, 5.41) is 4.14. The summed E-state index contributed by atoms with van der Waals surface area (Å²) in [5.41, 5.74) is 6.13. The molecule has 0 radical (unpaired) electrons. The van der Waals surface area contributed by atoms with Crippen molar-refractivity contribution in [2.24, 2.45) is 17.6 Å². The van der Waals surface area contributed by atoms with Crippen LogP contribution in [0.1, 0.15) is 71.0 Å². The summed E-state index contributed by atoms with van der Waals surface area (Å²) in [5.74, 6) is 2.87. The van der Waals surface area contributed by atoms with Crippen molar-refractivity contribution < 1.29 is 4.52 Å². The van der Waals surface area contributed by atoms with E-state index in [0.717, 1.165) is 43.3 Å². The minimum Gasteiger partial charge on any atom is -0.339 e. The molecule has 0 spiro atoms. The maximum Gasteiger partial charge on any atom is 0.226 e. The third kappa shape index (κ3) is 3.35. The molecule has 0 aliphatic heterocycles. The monoisotopic (exact) mass is 265 g/mol. The summed E-state index contributed by atoms with van der Waals surface area (Å²) in [6.07, 6.45) is 7.56. The second-order valence-corrected chi connectivity index (χ2v) is 6.24. The third-order valence-electron chi connectivity index (χ3n) is 4.71. The molecule has 2 rings (SSSR count). The standard InChI is InChI=1S/C15H27N3O/c1-4-11(3)10-13-17-14(18-19-13)15(16)8-6-12(5-2)7-9-15/h11-12H,4-10,16H2,1-3H3. The second kappa shape index (κ2) is 6.04. The first-order valence-corrected chi connectivity index (χ1v) is 7.69. The van der Waals surface area contributed by atoms with Gasteiger partial charge in [-0.15, -0.1) is 0 Å². The largest absolute Gasteiger partial charge is 0.339 e. The van der Waals surface area contributed by atoms with Gasteiger partial charge in [-0.05, 0) is 37.5 Å². The molecule has 1 atom stereocenters. The van der Waals surface area contributed by atoms with E-state index in [0.29, 0.717) is 5.92 Å². The van der Waals surface area contributed by atoms with Gasteiger partial charge in [0.05, 0.1) is 5.54 Å². The van der Waals surface area contributed by atoms with Crippen LogP contribution in [0.4, 0.5) is 0 Å². The first kappa shape index (κ1) is 14.5. The lowest BCUT2D eigenvalue weighted by Crippen LogP contribution is -2.41. The zero-order valence-electron chi connectivity index (χ0n) is 12.5. The molecule has 2 N–H and O–H groups in total. The Bertz CT molecular complexity index is 394. The number of hydrogen-bond acceptors (Lipinski definition) is 4. The van der Waals surface area contributed by atoms with E-state index in [-0.39, 0.29) is 5.54 Å². The quantitative estimate of drug-likeness (QED) is 0.886. The maximum absolute atomic E-state index is 6.49. The van der Waals surface area contributed by atoms with E-state index in [4.69, 9.17) is 10.3 Å². The molecule has 1 unspecified atom stereocenters. The van der Waals surface area contributed by atoms with Gasteiger partial charge in [0.1, 0.15) is 0 Å². The number of rotatable bonds is 5. The highest BCUT2D eigenvalue weighted by atomic mass is 16.5. The highest BCUT2D eigenvalue weighted by Gasteiger charge is 2.36. The Hall–Kier alpha value is -0.900. The van der Waals surface area contributed by atoms with Gasteiger partial charge < -0.3 is 10.3 Å². The minimum atomic E-state index is -0.358. The van der Waals surface area contributed by atoms with Gasteiger partial charge in [0.2, 0.25) is 5.89 Å². The molecule has 0 aromatic carbocycles. The van der Waals surface area contributed by atoms with Gasteiger partial charge in [0.25, 0.3) is 0 Å². The van der Waals surface area contributed by atoms with Gasteiger partial charge in [-0.3, -0.25) is 0 Å². The zero-order valence-corrected chi connectivity index (χ0v) is 12.5. The van der Waals surface area contributed by atoms with Crippen molar-refractivity contribution in [3.05, 3.63) is 11.7 Å². The van der Waals surface area contributed by atoms with Gasteiger partial charge in [-0.25, -0.2) is 0 Å². The van der Waals surface area contributed by atoms with E-state index in [9.17, 15) is 0 Å². The predicted molar refractivity (Wildman–Crippen MR) is 75.6 cm³/mol. The van der Waals surface area contributed by atoms with Gasteiger partial charge in [0, 0.05) is 6.42 Å². The second-order valence-electron chi connectivity index (χ2n) is 6.24. The molecule has 1 heterocycles. The lowest BCUT2D eigenvalue weighted by molar-refractivity contribution is 0.216. The van der Waals surface area contributed by atoms with Crippen LogP contribution in [0.5, 0.6) is 0 Å². The summed E-state index contributed by atoms with van der Waals surface area (Å²) < 4.78 is 5.37. The topological polar surface area (TPSA) is 64.9 Å². The van der Waals surface area contributed by atoms with Crippen LogP contribution in [0.2, 0.25) is 0 Å². The number of aromatic nitrogens is 2. The fraction of sp³-hybridized carbons (Fsp3) is 0.867. The average Bonchev–Trinajstić information content (AvgIpc) is 2.89. The van der Waals surface area contributed by atoms with Gasteiger partial charge in [-0.2, -0.15) is 4.98 Å². The van der Waals surface area contributed by atoms with Crippen LogP contribution in [-0.4, -0.2) is 10.1 Å². The molecule has 1 saturated carbocycles. The van der Waals surface area contributed by atoms with E-state index in [1.807, 2.05) is 0 Å². The highest BCUT2D eigenvalue weighted by Crippen LogP contribution is 2.37. The molecular weight excluding hydrogens is 238 g/mol. The van der Waals surface area contributed by atoms with E-state index in [1.165, 1.54) is 19.3 Å². The Morgan fingerprint density at radius 1 is 1.37 bits per heavy atom. The van der Waals surface area contributed by atoms with Gasteiger partial charge in [-0.1, -0.05) is 38.8 Å². The van der Waals surface area contributed by atoms with E-state index < -0.39 is 0 Å². The summed E-state index contributed by atoms with van der Waals surface area (Å²) >= 11 is 0. The third-order valence-corrected chi connectivity index (χ3v) is 4.71. The molecule has 4 heteroatoms. The van der Waals surface area contributed by atoms with Crippen LogP contribution in [0.3, 0.4) is 0 Å². The van der Waals surface area contributed by atoms with Crippen LogP contribution in [0, 0.1) is 11.8 Å². The normalized spacial score (nSPS) is 29.4. The van der Waals surface area contributed by atoms with Crippen LogP contribution in [0.25, 0.3) is 0 Å². The van der Waals surface area contributed by atoms with Crippen molar-refractivity contribution in [1.82, 2.24) is 10.1 Å². The zero-order chi connectivity index (χ0) is 13.9. The molecule has 1 aliphatic rings. The fourth-order valence-corrected chi connectivity index (χ4v) is 2.81. The Kier molecular flexibility index (Phi) is 4.61. The Morgan fingerprint density at radius 2 is 2.05 bits per heavy atom. The molecule has 1 aromatic rings. The molecule has 0 bridgehead atoms. The molecule has 1 aromatic heterocycles. The molecule has 108 valence electrons. The SMILES string of the molecule is CCC(C)Cc1nc(C2(N)CCC(CC)CC2)no1. The number of hydrogen-bond donors (Lipinski definition) is 1. The smallest absolute Gasteiger partial charge is 0.226 e. The molecule has 19 heavy (non-hydrogen) atoms.